The van der Waals surface area contributed by atoms with Gasteiger partial charge in [-0.05, 0) is 71.8 Å². The van der Waals surface area contributed by atoms with Crippen molar-refractivity contribution in [1.29, 1.82) is 0 Å². The van der Waals surface area contributed by atoms with Crippen LogP contribution in [0.5, 0.6) is 5.88 Å². The van der Waals surface area contributed by atoms with E-state index in [4.69, 9.17) is 10.5 Å². The number of aryl methyl sites for hydroxylation is 2. The minimum absolute atomic E-state index is 0.0715. The van der Waals surface area contributed by atoms with Crippen LogP contribution in [0, 0.1) is 13.8 Å². The van der Waals surface area contributed by atoms with E-state index in [1.807, 2.05) is 36.4 Å². The van der Waals surface area contributed by atoms with Crippen molar-refractivity contribution in [2.75, 3.05) is 11.1 Å². The minimum atomic E-state index is -0.0715. The quantitative estimate of drug-likeness (QED) is 0.353. The maximum atomic E-state index is 12.0. The molecule has 0 aliphatic heterocycles. The molecule has 2 aromatic carbocycles. The average Bonchev–Trinajstić information content (AvgIpc) is 2.89. The lowest BCUT2D eigenvalue weighted by Gasteiger charge is -2.15. The van der Waals surface area contributed by atoms with Crippen molar-refractivity contribution >= 4 is 22.4 Å². The van der Waals surface area contributed by atoms with Gasteiger partial charge in [0.1, 0.15) is 24.6 Å². The van der Waals surface area contributed by atoms with Crippen LogP contribution >= 0.6 is 0 Å². The van der Waals surface area contributed by atoms with Gasteiger partial charge in [0.05, 0.1) is 0 Å². The minimum Gasteiger partial charge on any atom is -0.473 e. The number of rotatable bonds is 7. The van der Waals surface area contributed by atoms with Crippen molar-refractivity contribution in [3.8, 4) is 11.6 Å². The molecule has 36 heavy (non-hydrogen) atoms. The molecular formula is C28H26N6O2. The first-order valence-corrected chi connectivity index (χ1v) is 11.6. The third-order valence-electron chi connectivity index (χ3n) is 6.23. The number of pyridine rings is 2. The lowest BCUT2D eigenvalue weighted by molar-refractivity contribution is 0.293. The summed E-state index contributed by atoms with van der Waals surface area (Å²) in [6, 6.07) is 18.6. The summed E-state index contributed by atoms with van der Waals surface area (Å²) in [6.45, 7) is 5.12. The van der Waals surface area contributed by atoms with E-state index in [0.717, 1.165) is 27.6 Å². The van der Waals surface area contributed by atoms with Crippen LogP contribution in [-0.4, -0.2) is 19.5 Å². The summed E-state index contributed by atoms with van der Waals surface area (Å²) in [5.41, 5.74) is 11.3. The zero-order valence-corrected chi connectivity index (χ0v) is 20.1. The van der Waals surface area contributed by atoms with Gasteiger partial charge in [0, 0.05) is 42.1 Å². The number of hydrogen-bond donors (Lipinski definition) is 2. The first-order valence-electron chi connectivity index (χ1n) is 11.6. The molecule has 0 atom stereocenters. The molecule has 3 aromatic heterocycles. The molecule has 0 aliphatic carbocycles. The molecule has 0 radical (unpaired) electrons. The predicted octanol–water partition coefficient (Wildman–Crippen LogP) is 4.57. The number of nitrogen functional groups attached to an aromatic ring is 1. The summed E-state index contributed by atoms with van der Waals surface area (Å²) in [7, 11) is 0. The van der Waals surface area contributed by atoms with Gasteiger partial charge in [-0.3, -0.25) is 9.36 Å². The molecule has 0 saturated heterocycles. The SMILES string of the molecule is Cc1cc2c(N)nccc2c(C)c1CNc1cc(OCc2ccc(-n3ccccc3=O)cc2)ncn1. The molecule has 8 heteroatoms. The van der Waals surface area contributed by atoms with Crippen LogP contribution in [0.25, 0.3) is 16.5 Å². The Kier molecular flexibility index (Phi) is 6.32. The third-order valence-corrected chi connectivity index (χ3v) is 6.23. The summed E-state index contributed by atoms with van der Waals surface area (Å²) in [4.78, 5) is 24.8. The van der Waals surface area contributed by atoms with Gasteiger partial charge in [-0.2, -0.15) is 0 Å². The number of benzene rings is 2. The lowest BCUT2D eigenvalue weighted by Crippen LogP contribution is -2.15. The monoisotopic (exact) mass is 478 g/mol. The van der Waals surface area contributed by atoms with Crippen molar-refractivity contribution in [2.45, 2.75) is 27.0 Å². The van der Waals surface area contributed by atoms with Gasteiger partial charge in [0.25, 0.3) is 5.56 Å². The molecule has 8 nitrogen and oxygen atoms in total. The molecule has 5 aromatic rings. The Balaban J connectivity index is 1.25. The smallest absolute Gasteiger partial charge is 0.255 e. The van der Waals surface area contributed by atoms with Crippen LogP contribution in [0.4, 0.5) is 11.6 Å². The topological polar surface area (TPSA) is 108 Å². The van der Waals surface area contributed by atoms with E-state index in [2.05, 4.69) is 40.2 Å². The Morgan fingerprint density at radius 2 is 1.81 bits per heavy atom. The Labute approximate surface area is 208 Å². The number of aromatic nitrogens is 4. The van der Waals surface area contributed by atoms with Gasteiger partial charge in [-0.25, -0.2) is 15.0 Å². The van der Waals surface area contributed by atoms with Gasteiger partial charge in [0.2, 0.25) is 5.88 Å². The highest BCUT2D eigenvalue weighted by atomic mass is 16.5. The third kappa shape index (κ3) is 4.74. The van der Waals surface area contributed by atoms with Crippen LogP contribution < -0.4 is 21.3 Å². The van der Waals surface area contributed by atoms with Crippen molar-refractivity contribution in [3.05, 3.63) is 112 Å². The Hall–Kier alpha value is -4.72. The van der Waals surface area contributed by atoms with E-state index in [-0.39, 0.29) is 5.56 Å². The number of nitrogens with one attached hydrogen (secondary N) is 1. The van der Waals surface area contributed by atoms with Gasteiger partial charge in [-0.1, -0.05) is 18.2 Å². The predicted molar refractivity (Wildman–Crippen MR) is 141 cm³/mol. The normalized spacial score (nSPS) is 10.9. The molecule has 3 N–H and O–H groups in total. The van der Waals surface area contributed by atoms with Crippen LogP contribution in [0.3, 0.4) is 0 Å². The summed E-state index contributed by atoms with van der Waals surface area (Å²) in [6.07, 6.45) is 4.96. The molecule has 3 heterocycles. The zero-order chi connectivity index (χ0) is 25.1. The molecule has 0 spiro atoms. The Morgan fingerprint density at radius 3 is 2.61 bits per heavy atom. The molecule has 0 aliphatic rings. The number of anilines is 2. The van der Waals surface area contributed by atoms with Gasteiger partial charge in [0.15, 0.2) is 0 Å². The Bertz CT molecular complexity index is 1590. The highest BCUT2D eigenvalue weighted by Gasteiger charge is 2.11. The first kappa shape index (κ1) is 23.0. The fourth-order valence-electron chi connectivity index (χ4n) is 4.25. The molecule has 5 rings (SSSR count). The van der Waals surface area contributed by atoms with Crippen molar-refractivity contribution < 1.29 is 4.74 Å². The fourth-order valence-corrected chi connectivity index (χ4v) is 4.25. The fraction of sp³-hybridized carbons (Fsp3) is 0.143. The van der Waals surface area contributed by atoms with Crippen molar-refractivity contribution in [1.82, 2.24) is 19.5 Å². The van der Waals surface area contributed by atoms with Gasteiger partial charge in [-0.15, -0.1) is 0 Å². The summed E-state index contributed by atoms with van der Waals surface area (Å²) >= 11 is 0. The van der Waals surface area contributed by atoms with E-state index >= 15 is 0 Å². The number of ether oxygens (including phenoxy) is 1. The maximum Gasteiger partial charge on any atom is 0.255 e. The molecule has 0 unspecified atom stereocenters. The lowest BCUT2D eigenvalue weighted by atomic mass is 9.96. The standard InChI is InChI=1S/C28H26N6O2/c1-18-13-23-22(10-11-30-28(23)29)19(2)24(18)15-31-25-14-26(33-17-32-25)36-16-20-6-8-21(9-7-20)34-12-4-3-5-27(34)35/h3-14,17H,15-16H2,1-2H3,(H2,29,30)(H,31,32,33). The molecule has 0 bridgehead atoms. The number of nitrogens with two attached hydrogens (primary N) is 1. The number of fused-ring (bicyclic) bond motifs is 1. The second-order valence-electron chi connectivity index (χ2n) is 8.55. The van der Waals surface area contributed by atoms with E-state index in [0.29, 0.717) is 30.7 Å². The van der Waals surface area contributed by atoms with Crippen LogP contribution in [0.2, 0.25) is 0 Å². The summed E-state index contributed by atoms with van der Waals surface area (Å²) in [5.74, 6) is 1.69. The summed E-state index contributed by atoms with van der Waals surface area (Å²) in [5, 5.41) is 5.45. The molecule has 0 fully saturated rings. The maximum absolute atomic E-state index is 12.0. The molecule has 180 valence electrons. The van der Waals surface area contributed by atoms with Crippen molar-refractivity contribution in [2.24, 2.45) is 0 Å². The van der Waals surface area contributed by atoms with Crippen LogP contribution in [0.1, 0.15) is 22.3 Å². The molecule has 0 amide bonds. The molecule has 0 saturated carbocycles. The Morgan fingerprint density at radius 1 is 0.972 bits per heavy atom. The van der Waals surface area contributed by atoms with Crippen molar-refractivity contribution in [3.63, 3.8) is 0 Å². The van der Waals surface area contributed by atoms with Crippen LogP contribution in [-0.2, 0) is 13.2 Å². The number of nitrogens with zero attached hydrogens (tertiary/aromatic N) is 4. The first-order chi connectivity index (χ1) is 17.5. The van der Waals surface area contributed by atoms with E-state index in [9.17, 15) is 4.79 Å². The second kappa shape index (κ2) is 9.87. The van der Waals surface area contributed by atoms with Crippen LogP contribution in [0.15, 0.2) is 84.2 Å². The molecular weight excluding hydrogens is 452 g/mol. The van der Waals surface area contributed by atoms with E-state index in [1.165, 1.54) is 23.5 Å². The highest BCUT2D eigenvalue weighted by Crippen LogP contribution is 2.28. The summed E-state index contributed by atoms with van der Waals surface area (Å²) < 4.78 is 7.49. The second-order valence-corrected chi connectivity index (χ2v) is 8.55. The average molecular weight is 479 g/mol. The van der Waals surface area contributed by atoms with Gasteiger partial charge >= 0.3 is 0 Å². The van der Waals surface area contributed by atoms with E-state index < -0.39 is 0 Å². The van der Waals surface area contributed by atoms with E-state index in [1.54, 1.807) is 29.1 Å². The zero-order valence-electron chi connectivity index (χ0n) is 20.1. The van der Waals surface area contributed by atoms with Gasteiger partial charge < -0.3 is 15.8 Å². The largest absolute Gasteiger partial charge is 0.473 e. The highest BCUT2D eigenvalue weighted by molar-refractivity contribution is 5.94. The number of hydrogen-bond acceptors (Lipinski definition) is 7.